The number of ether oxygens (including phenoxy) is 3. The van der Waals surface area contributed by atoms with Gasteiger partial charge in [-0.25, -0.2) is 4.79 Å². The molecule has 1 unspecified atom stereocenters. The zero-order valence-corrected chi connectivity index (χ0v) is 27.8. The molecule has 10 nitrogen and oxygen atoms in total. The van der Waals surface area contributed by atoms with Gasteiger partial charge in [0.15, 0.2) is 19.5 Å². The van der Waals surface area contributed by atoms with E-state index in [2.05, 4.69) is 43.6 Å². The number of hydrogen-bond donors (Lipinski definition) is 0. The Hall–Kier alpha value is -3.59. The van der Waals surface area contributed by atoms with Crippen molar-refractivity contribution in [3.8, 4) is 17.5 Å². The first-order valence-corrected chi connectivity index (χ1v) is 17.3. The quantitative estimate of drug-likeness (QED) is 0.172. The normalized spacial score (nSPS) is 13.3. The molecule has 0 aliphatic heterocycles. The summed E-state index contributed by atoms with van der Waals surface area (Å²) in [5.41, 5.74) is -0.488. The van der Waals surface area contributed by atoms with Crippen molar-refractivity contribution in [2.75, 3.05) is 13.7 Å². The molecule has 0 amide bonds. The second-order valence-corrected chi connectivity index (χ2v) is 17.3. The summed E-state index contributed by atoms with van der Waals surface area (Å²) < 4.78 is 64.1. The van der Waals surface area contributed by atoms with Crippen molar-refractivity contribution in [3.05, 3.63) is 80.0 Å². The fourth-order valence-corrected chi connectivity index (χ4v) is 5.43. The Morgan fingerprint density at radius 3 is 2.24 bits per heavy atom. The maximum atomic E-state index is 14.0. The smallest absolute Gasteiger partial charge is 0.425 e. The molecule has 244 valence electrons. The first-order valence-electron chi connectivity index (χ1n) is 14.0. The van der Waals surface area contributed by atoms with Gasteiger partial charge in [0.05, 0.1) is 25.8 Å². The van der Waals surface area contributed by atoms with E-state index in [1.807, 2.05) is 0 Å². The summed E-state index contributed by atoms with van der Waals surface area (Å²) in [5.74, 6) is -0.530. The van der Waals surface area contributed by atoms with Gasteiger partial charge in [-0.2, -0.15) is 4.98 Å². The largest absolute Gasteiger partial charge is 0.573 e. The summed E-state index contributed by atoms with van der Waals surface area (Å²) in [5, 5.41) is 0.447. The number of aromatic nitrogens is 4. The van der Waals surface area contributed by atoms with Gasteiger partial charge in [0, 0.05) is 25.2 Å². The summed E-state index contributed by atoms with van der Waals surface area (Å²) in [6.45, 7) is 10.7. The molecule has 0 N–H and O–H groups in total. The van der Waals surface area contributed by atoms with Crippen LogP contribution in [0.25, 0.3) is 11.2 Å². The second-order valence-electron chi connectivity index (χ2n) is 12.1. The topological polar surface area (TPSA) is 98.7 Å². The Kier molecular flexibility index (Phi) is 9.92. The molecule has 0 fully saturated rings. The fourth-order valence-electron chi connectivity index (χ4n) is 4.27. The minimum absolute atomic E-state index is 0.0272. The molecule has 4 aromatic rings. The van der Waals surface area contributed by atoms with E-state index < -0.39 is 37.8 Å². The molecule has 0 saturated heterocycles. The van der Waals surface area contributed by atoms with Crippen LogP contribution in [-0.2, 0) is 29.3 Å². The third kappa shape index (κ3) is 7.98. The van der Waals surface area contributed by atoms with E-state index in [1.54, 1.807) is 24.3 Å². The van der Waals surface area contributed by atoms with E-state index in [0.717, 1.165) is 22.3 Å². The van der Waals surface area contributed by atoms with Crippen molar-refractivity contribution in [1.82, 2.24) is 18.7 Å². The number of methoxy groups -OCH3 is 1. The van der Waals surface area contributed by atoms with Gasteiger partial charge >= 0.3 is 18.1 Å². The summed E-state index contributed by atoms with van der Waals surface area (Å²) >= 11 is 6.07. The molecule has 2 aromatic heterocycles. The number of hydrogen-bond acceptors (Lipinski definition) is 7. The van der Waals surface area contributed by atoms with E-state index in [0.29, 0.717) is 5.02 Å². The van der Waals surface area contributed by atoms with E-state index in [9.17, 15) is 22.8 Å². The highest BCUT2D eigenvalue weighted by molar-refractivity contribution is 6.74. The highest BCUT2D eigenvalue weighted by atomic mass is 35.5. The number of alkyl halides is 3. The van der Waals surface area contributed by atoms with Gasteiger partial charge in [0.25, 0.3) is 5.56 Å². The van der Waals surface area contributed by atoms with Crippen LogP contribution in [0.4, 0.5) is 13.2 Å². The average Bonchev–Trinajstić information content (AvgIpc) is 3.29. The number of fused-ring (bicyclic) bond motifs is 1. The van der Waals surface area contributed by atoms with Crippen LogP contribution < -0.4 is 20.7 Å². The Bertz CT molecular complexity index is 1780. The third-order valence-corrected chi connectivity index (χ3v) is 12.6. The lowest BCUT2D eigenvalue weighted by Gasteiger charge is -2.37. The molecule has 2 aromatic carbocycles. The van der Waals surface area contributed by atoms with Crippen molar-refractivity contribution < 1.29 is 31.8 Å². The lowest BCUT2D eigenvalue weighted by Crippen LogP contribution is -2.46. The number of imidazole rings is 1. The minimum atomic E-state index is -4.90. The van der Waals surface area contributed by atoms with Gasteiger partial charge in [-0.15, -0.1) is 13.2 Å². The third-order valence-electron chi connectivity index (χ3n) is 7.86. The summed E-state index contributed by atoms with van der Waals surface area (Å²) in [6.07, 6.45) is -5.51. The molecule has 0 aliphatic carbocycles. The predicted octanol–water partition coefficient (Wildman–Crippen LogP) is 6.33. The van der Waals surface area contributed by atoms with Crippen LogP contribution in [0.5, 0.6) is 17.5 Å². The summed E-state index contributed by atoms with van der Waals surface area (Å²) in [7, 11) is 0.803. The number of halogens is 4. The minimum Gasteiger partial charge on any atom is -0.425 e. The Morgan fingerprint density at radius 2 is 1.64 bits per heavy atom. The predicted molar refractivity (Wildman–Crippen MR) is 167 cm³/mol. The van der Waals surface area contributed by atoms with Crippen LogP contribution >= 0.6 is 11.6 Å². The molecular formula is C30H36ClF3N4O6Si. The van der Waals surface area contributed by atoms with Gasteiger partial charge in [-0.05, 0) is 48.0 Å². The van der Waals surface area contributed by atoms with Crippen LogP contribution in [0.1, 0.15) is 26.3 Å². The lowest BCUT2D eigenvalue weighted by molar-refractivity contribution is -0.274. The number of aryl methyl sites for hydroxylation is 1. The van der Waals surface area contributed by atoms with Crippen LogP contribution in [0.15, 0.2) is 58.1 Å². The Labute approximate surface area is 264 Å². The van der Waals surface area contributed by atoms with Gasteiger partial charge in [0.1, 0.15) is 11.5 Å². The van der Waals surface area contributed by atoms with Crippen molar-refractivity contribution in [2.45, 2.75) is 64.5 Å². The first-order chi connectivity index (χ1) is 20.9. The number of rotatable bonds is 11. The van der Waals surface area contributed by atoms with Crippen molar-refractivity contribution in [2.24, 2.45) is 7.05 Å². The van der Waals surface area contributed by atoms with Gasteiger partial charge in [-0.1, -0.05) is 50.6 Å². The number of nitrogens with zero attached hydrogens (tertiary/aromatic N) is 4. The molecule has 4 rings (SSSR count). The molecule has 2 heterocycles. The molecular weight excluding hydrogens is 633 g/mol. The zero-order chi connectivity index (χ0) is 33.3. The second kappa shape index (κ2) is 13.0. The van der Waals surface area contributed by atoms with Gasteiger partial charge in [0.2, 0.25) is 0 Å². The van der Waals surface area contributed by atoms with E-state index >= 15 is 0 Å². The molecule has 45 heavy (non-hydrogen) atoms. The van der Waals surface area contributed by atoms with Crippen molar-refractivity contribution in [1.29, 1.82) is 0 Å². The molecule has 15 heteroatoms. The maximum Gasteiger partial charge on any atom is 0.573 e. The summed E-state index contributed by atoms with van der Waals surface area (Å²) in [6, 6.07) is 11.6. The van der Waals surface area contributed by atoms with Gasteiger partial charge in [-0.3, -0.25) is 18.5 Å². The maximum absolute atomic E-state index is 14.0. The monoisotopic (exact) mass is 668 g/mol. The SMILES string of the molecule is COC(CO[Si](C)(C)C(C)(C)C)Cn1c(=O)c2c(nc(Oc3cccc(OC(F)(F)F)c3)n2Cc2ccc(Cl)cc2)n(C)c1=O. The van der Waals surface area contributed by atoms with Crippen molar-refractivity contribution >= 4 is 31.1 Å². The van der Waals surface area contributed by atoms with Crippen LogP contribution in [0.2, 0.25) is 23.2 Å². The average molecular weight is 669 g/mol. The van der Waals surface area contributed by atoms with Crippen LogP contribution in [0.3, 0.4) is 0 Å². The van der Waals surface area contributed by atoms with Gasteiger partial charge < -0.3 is 18.6 Å². The summed E-state index contributed by atoms with van der Waals surface area (Å²) in [4.78, 5) is 31.9. The highest BCUT2D eigenvalue weighted by Gasteiger charge is 2.38. The molecule has 1 atom stereocenters. The Morgan fingerprint density at radius 1 is 1.00 bits per heavy atom. The number of benzene rings is 2. The molecule has 0 spiro atoms. The van der Waals surface area contributed by atoms with E-state index in [1.165, 1.54) is 35.4 Å². The lowest BCUT2D eigenvalue weighted by atomic mass is 10.2. The molecule has 0 radical (unpaired) electrons. The first kappa shape index (κ1) is 34.3. The standard InChI is InChI=1S/C30H36ClF3N4O6Si/c1-29(2,3)45(6,7)42-18-23(41-5)17-38-26(39)24-25(36(4)28(38)40)35-27(37(24)16-19-11-13-20(31)14-12-19)43-21-9-8-10-22(15-21)44-30(32,33)34/h8-15,23H,16-18H2,1-7H3. The molecule has 0 aliphatic rings. The fraction of sp³-hybridized carbons (Fsp3) is 0.433. The molecule has 0 bridgehead atoms. The van der Waals surface area contributed by atoms with E-state index in [-0.39, 0.29) is 47.7 Å². The van der Waals surface area contributed by atoms with E-state index in [4.69, 9.17) is 25.5 Å². The zero-order valence-electron chi connectivity index (χ0n) is 26.1. The molecule has 0 saturated carbocycles. The Balaban J connectivity index is 1.80. The highest BCUT2D eigenvalue weighted by Crippen LogP contribution is 2.36. The van der Waals surface area contributed by atoms with Crippen LogP contribution in [-0.4, -0.2) is 53.2 Å². The van der Waals surface area contributed by atoms with Crippen LogP contribution in [0, 0.1) is 0 Å². The van der Waals surface area contributed by atoms with Crippen molar-refractivity contribution in [3.63, 3.8) is 0 Å².